The summed E-state index contributed by atoms with van der Waals surface area (Å²) >= 11 is 0. The molecular weight excluding hydrogens is 337 g/mol. The highest BCUT2D eigenvalue weighted by molar-refractivity contribution is 5.85. The van der Waals surface area contributed by atoms with E-state index < -0.39 is 6.10 Å². The summed E-state index contributed by atoms with van der Waals surface area (Å²) in [6.07, 6.45) is 0.834. The Hall–Kier alpha value is -0.850. The first-order valence-electron chi connectivity index (χ1n) is 7.64. The number of halogens is 2. The molecule has 1 unspecified atom stereocenters. The van der Waals surface area contributed by atoms with Crippen LogP contribution >= 0.6 is 24.8 Å². The van der Waals surface area contributed by atoms with Crippen LogP contribution in [0.1, 0.15) is 24.5 Å². The minimum absolute atomic E-state index is 0. The number of carbonyl (C=O) groups excluding carboxylic acids is 1. The van der Waals surface area contributed by atoms with E-state index >= 15 is 0 Å². The molecule has 0 aliphatic carbocycles. The summed E-state index contributed by atoms with van der Waals surface area (Å²) in [6, 6.07) is 9.70. The van der Waals surface area contributed by atoms with Crippen molar-refractivity contribution in [3.8, 4) is 0 Å². The number of β-amino-alcohol motifs (C(OH)–C–C–N with tert-alkyl or cyclic N) is 1. The Morgan fingerprint density at radius 1 is 1.13 bits per heavy atom. The van der Waals surface area contributed by atoms with E-state index in [1.54, 1.807) is 0 Å². The summed E-state index contributed by atoms with van der Waals surface area (Å²) in [4.78, 5) is 16.0. The third kappa shape index (κ3) is 7.06. The third-order valence-corrected chi connectivity index (χ3v) is 3.94. The smallest absolute Gasteiger partial charge is 0.222 e. The number of aliphatic hydroxyl groups excluding tert-OH is 1. The molecule has 1 amide bonds. The van der Waals surface area contributed by atoms with Crippen LogP contribution in [0.15, 0.2) is 30.3 Å². The Labute approximate surface area is 150 Å². The minimum Gasteiger partial charge on any atom is -0.387 e. The van der Waals surface area contributed by atoms with Gasteiger partial charge in [-0.05, 0) is 18.5 Å². The first kappa shape index (κ1) is 22.1. The maximum absolute atomic E-state index is 11.9. The quantitative estimate of drug-likeness (QED) is 0.802. The molecule has 1 aliphatic heterocycles. The summed E-state index contributed by atoms with van der Waals surface area (Å²) < 4.78 is 0. The second kappa shape index (κ2) is 11.6. The zero-order valence-corrected chi connectivity index (χ0v) is 14.9. The maximum Gasteiger partial charge on any atom is 0.222 e. The second-order valence-corrected chi connectivity index (χ2v) is 5.50. The average molecular weight is 364 g/mol. The van der Waals surface area contributed by atoms with Gasteiger partial charge in [0.2, 0.25) is 5.91 Å². The standard InChI is InChI=1S/C16H25N3O2.2ClH/c17-8-4-7-16(21)19-11-9-18(10-12-19)13-15(20)14-5-2-1-3-6-14;;/h1-3,5-6,15,20H,4,7-13,17H2;2*1H. The van der Waals surface area contributed by atoms with Gasteiger partial charge in [0.05, 0.1) is 6.10 Å². The lowest BCUT2D eigenvalue weighted by Gasteiger charge is -2.35. The number of amides is 1. The molecule has 0 spiro atoms. The topological polar surface area (TPSA) is 69.8 Å². The van der Waals surface area contributed by atoms with Crippen molar-refractivity contribution in [2.24, 2.45) is 5.73 Å². The number of hydrogen-bond acceptors (Lipinski definition) is 4. The monoisotopic (exact) mass is 363 g/mol. The van der Waals surface area contributed by atoms with Crippen LogP contribution in [-0.4, -0.2) is 60.1 Å². The highest BCUT2D eigenvalue weighted by Gasteiger charge is 2.22. The van der Waals surface area contributed by atoms with Crippen LogP contribution in [0.4, 0.5) is 0 Å². The van der Waals surface area contributed by atoms with Crippen molar-refractivity contribution in [2.75, 3.05) is 39.3 Å². The number of nitrogens with two attached hydrogens (primary N) is 1. The van der Waals surface area contributed by atoms with Crippen molar-refractivity contribution < 1.29 is 9.90 Å². The van der Waals surface area contributed by atoms with Gasteiger partial charge in [0.1, 0.15) is 0 Å². The molecule has 2 rings (SSSR count). The molecule has 1 saturated heterocycles. The molecule has 3 N–H and O–H groups in total. The number of nitrogens with zero attached hydrogens (tertiary/aromatic N) is 2. The van der Waals surface area contributed by atoms with Crippen LogP contribution in [0.5, 0.6) is 0 Å². The van der Waals surface area contributed by atoms with Gasteiger partial charge in [-0.2, -0.15) is 0 Å². The van der Waals surface area contributed by atoms with Crippen LogP contribution in [-0.2, 0) is 4.79 Å². The Bertz CT molecular complexity index is 440. The van der Waals surface area contributed by atoms with Gasteiger partial charge < -0.3 is 15.7 Å². The largest absolute Gasteiger partial charge is 0.387 e. The summed E-state index contributed by atoms with van der Waals surface area (Å²) in [5.41, 5.74) is 6.38. The lowest BCUT2D eigenvalue weighted by Crippen LogP contribution is -2.49. The van der Waals surface area contributed by atoms with E-state index in [0.29, 0.717) is 19.5 Å². The molecule has 1 fully saturated rings. The molecule has 0 saturated carbocycles. The number of rotatable bonds is 6. The molecule has 1 heterocycles. The van der Waals surface area contributed by atoms with E-state index in [4.69, 9.17) is 5.73 Å². The highest BCUT2D eigenvalue weighted by Crippen LogP contribution is 2.15. The molecular formula is C16H27Cl2N3O2. The first-order valence-corrected chi connectivity index (χ1v) is 7.64. The number of hydrogen-bond donors (Lipinski definition) is 2. The summed E-state index contributed by atoms with van der Waals surface area (Å²) in [5.74, 6) is 0.198. The molecule has 0 bridgehead atoms. The van der Waals surface area contributed by atoms with Gasteiger partial charge in [0.15, 0.2) is 0 Å². The van der Waals surface area contributed by atoms with Crippen molar-refractivity contribution >= 4 is 30.7 Å². The highest BCUT2D eigenvalue weighted by atomic mass is 35.5. The molecule has 1 aromatic carbocycles. The molecule has 0 aromatic heterocycles. The van der Waals surface area contributed by atoms with Crippen LogP contribution in [0.25, 0.3) is 0 Å². The predicted molar refractivity (Wildman–Crippen MR) is 97.2 cm³/mol. The van der Waals surface area contributed by atoms with Gasteiger partial charge >= 0.3 is 0 Å². The first-order chi connectivity index (χ1) is 10.2. The van der Waals surface area contributed by atoms with E-state index in [2.05, 4.69) is 4.90 Å². The Morgan fingerprint density at radius 3 is 2.30 bits per heavy atom. The van der Waals surface area contributed by atoms with Crippen LogP contribution in [0.2, 0.25) is 0 Å². The molecule has 1 aliphatic rings. The minimum atomic E-state index is -0.467. The fourth-order valence-corrected chi connectivity index (χ4v) is 2.62. The zero-order valence-electron chi connectivity index (χ0n) is 13.3. The van der Waals surface area contributed by atoms with E-state index in [-0.39, 0.29) is 30.7 Å². The van der Waals surface area contributed by atoms with Gasteiger partial charge in [0, 0.05) is 39.1 Å². The van der Waals surface area contributed by atoms with E-state index in [9.17, 15) is 9.90 Å². The lowest BCUT2D eigenvalue weighted by molar-refractivity contribution is -0.133. The number of carbonyl (C=O) groups is 1. The van der Waals surface area contributed by atoms with Crippen LogP contribution in [0, 0.1) is 0 Å². The Balaban J connectivity index is 0.00000242. The van der Waals surface area contributed by atoms with Gasteiger partial charge in [-0.1, -0.05) is 30.3 Å². The summed E-state index contributed by atoms with van der Waals surface area (Å²) in [7, 11) is 0. The molecule has 23 heavy (non-hydrogen) atoms. The third-order valence-electron chi connectivity index (χ3n) is 3.94. The van der Waals surface area contributed by atoms with Crippen molar-refractivity contribution in [3.05, 3.63) is 35.9 Å². The number of aliphatic hydroxyl groups is 1. The SMILES string of the molecule is Cl.Cl.NCCCC(=O)N1CCN(CC(O)c2ccccc2)CC1. The second-order valence-electron chi connectivity index (χ2n) is 5.50. The van der Waals surface area contributed by atoms with Gasteiger partial charge in [-0.25, -0.2) is 0 Å². The molecule has 132 valence electrons. The lowest BCUT2D eigenvalue weighted by atomic mass is 10.1. The maximum atomic E-state index is 11.9. The van der Waals surface area contributed by atoms with E-state index in [0.717, 1.165) is 38.2 Å². The molecule has 5 nitrogen and oxygen atoms in total. The summed E-state index contributed by atoms with van der Waals surface area (Å²) in [5, 5.41) is 10.2. The van der Waals surface area contributed by atoms with Crippen LogP contribution < -0.4 is 5.73 Å². The van der Waals surface area contributed by atoms with Crippen molar-refractivity contribution in [2.45, 2.75) is 18.9 Å². The number of piperazine rings is 1. The van der Waals surface area contributed by atoms with Gasteiger partial charge in [-0.15, -0.1) is 24.8 Å². The molecule has 1 atom stereocenters. The Kier molecular flexibility index (Phi) is 11.2. The van der Waals surface area contributed by atoms with E-state index in [1.807, 2.05) is 35.2 Å². The van der Waals surface area contributed by atoms with E-state index in [1.165, 1.54) is 0 Å². The molecule has 0 radical (unpaired) electrons. The predicted octanol–water partition coefficient (Wildman–Crippen LogP) is 1.45. The molecule has 7 heteroatoms. The normalized spacial score (nSPS) is 16.2. The van der Waals surface area contributed by atoms with Crippen molar-refractivity contribution in [1.82, 2.24) is 9.80 Å². The fourth-order valence-electron chi connectivity index (χ4n) is 2.62. The fraction of sp³-hybridized carbons (Fsp3) is 0.562. The zero-order chi connectivity index (χ0) is 15.1. The van der Waals surface area contributed by atoms with Crippen molar-refractivity contribution in [1.29, 1.82) is 0 Å². The van der Waals surface area contributed by atoms with Gasteiger partial charge in [0.25, 0.3) is 0 Å². The van der Waals surface area contributed by atoms with Crippen molar-refractivity contribution in [3.63, 3.8) is 0 Å². The number of benzene rings is 1. The van der Waals surface area contributed by atoms with Crippen LogP contribution in [0.3, 0.4) is 0 Å². The summed E-state index contributed by atoms with van der Waals surface area (Å²) in [6.45, 7) is 4.30. The average Bonchev–Trinajstić information content (AvgIpc) is 2.54. The molecule has 1 aromatic rings. The Morgan fingerprint density at radius 2 is 1.74 bits per heavy atom. The van der Waals surface area contributed by atoms with Gasteiger partial charge in [-0.3, -0.25) is 9.69 Å².